The van der Waals surface area contributed by atoms with Crippen molar-refractivity contribution in [3.8, 4) is 11.5 Å². The van der Waals surface area contributed by atoms with E-state index in [0.717, 1.165) is 11.1 Å². The normalized spacial score (nSPS) is 10.5. The van der Waals surface area contributed by atoms with Gasteiger partial charge >= 0.3 is 5.97 Å². The Morgan fingerprint density at radius 1 is 1.04 bits per heavy atom. The van der Waals surface area contributed by atoms with Crippen molar-refractivity contribution in [2.45, 2.75) is 6.42 Å². The summed E-state index contributed by atoms with van der Waals surface area (Å²) in [5, 5.41) is 0. The largest absolute Gasteiger partial charge is 0.497 e. The van der Waals surface area contributed by atoms with Crippen LogP contribution in [-0.2, 0) is 16.0 Å². The molecule has 2 rings (SSSR count). The number of methoxy groups -OCH3 is 2. The molecule has 4 nitrogen and oxygen atoms in total. The van der Waals surface area contributed by atoms with Crippen LogP contribution in [0.15, 0.2) is 54.6 Å². The third kappa shape index (κ3) is 5.18. The summed E-state index contributed by atoms with van der Waals surface area (Å²) in [5.41, 5.74) is 1.93. The number of hydrogen-bond acceptors (Lipinski definition) is 4. The van der Waals surface area contributed by atoms with Crippen molar-refractivity contribution in [2.75, 3.05) is 20.8 Å². The highest BCUT2D eigenvalue weighted by atomic mass is 16.5. The van der Waals surface area contributed by atoms with Crippen LogP contribution in [0.1, 0.15) is 11.1 Å². The zero-order chi connectivity index (χ0) is 16.5. The van der Waals surface area contributed by atoms with Crippen LogP contribution in [0.3, 0.4) is 0 Å². The van der Waals surface area contributed by atoms with E-state index in [9.17, 15) is 4.79 Å². The molecule has 0 amide bonds. The van der Waals surface area contributed by atoms with Gasteiger partial charge in [-0.3, -0.25) is 0 Å². The number of carbonyl (C=O) groups excluding carboxylic acids is 1. The lowest BCUT2D eigenvalue weighted by Crippen LogP contribution is -2.04. The maximum atomic E-state index is 11.8. The van der Waals surface area contributed by atoms with Crippen molar-refractivity contribution in [1.29, 1.82) is 0 Å². The van der Waals surface area contributed by atoms with Gasteiger partial charge in [-0.1, -0.05) is 30.3 Å². The molecule has 0 unspecified atom stereocenters. The van der Waals surface area contributed by atoms with Gasteiger partial charge in [-0.2, -0.15) is 0 Å². The molecule has 0 atom stereocenters. The monoisotopic (exact) mass is 312 g/mol. The Bertz CT molecular complexity index is 662. The predicted molar refractivity (Wildman–Crippen MR) is 89.7 cm³/mol. The number of ether oxygens (including phenoxy) is 3. The Kier molecular flexibility index (Phi) is 6.24. The highest BCUT2D eigenvalue weighted by molar-refractivity contribution is 5.87. The molecule has 2 aromatic carbocycles. The zero-order valence-corrected chi connectivity index (χ0v) is 13.3. The number of benzene rings is 2. The predicted octanol–water partition coefficient (Wildman–Crippen LogP) is 3.50. The van der Waals surface area contributed by atoms with E-state index in [4.69, 9.17) is 14.2 Å². The Hall–Kier alpha value is -2.75. The lowest BCUT2D eigenvalue weighted by atomic mass is 10.1. The van der Waals surface area contributed by atoms with Crippen LogP contribution in [-0.4, -0.2) is 26.8 Å². The summed E-state index contributed by atoms with van der Waals surface area (Å²) in [5.74, 6) is 0.959. The van der Waals surface area contributed by atoms with E-state index in [2.05, 4.69) is 0 Å². The molecule has 4 heteroatoms. The smallest absolute Gasteiger partial charge is 0.330 e. The molecule has 0 aromatic heterocycles. The fraction of sp³-hybridized carbons (Fsp3) is 0.211. The second-order valence-electron chi connectivity index (χ2n) is 4.84. The number of esters is 1. The van der Waals surface area contributed by atoms with Crippen LogP contribution >= 0.6 is 0 Å². The number of hydrogen-bond donors (Lipinski definition) is 0. The summed E-state index contributed by atoms with van der Waals surface area (Å²) in [7, 11) is 3.17. The first-order valence-electron chi connectivity index (χ1n) is 7.33. The summed E-state index contributed by atoms with van der Waals surface area (Å²) in [4.78, 5) is 11.8. The second-order valence-corrected chi connectivity index (χ2v) is 4.84. The minimum atomic E-state index is -0.376. The first-order chi connectivity index (χ1) is 11.2. The van der Waals surface area contributed by atoms with Gasteiger partial charge in [-0.25, -0.2) is 4.79 Å². The average molecular weight is 312 g/mol. The standard InChI is InChI=1S/C19H20O4/c1-21-17-10-8-16(18(14-17)22-2)9-11-19(20)23-13-12-15-6-4-3-5-7-15/h3-11,14H,12-13H2,1-2H3/b11-9+. The summed E-state index contributed by atoms with van der Waals surface area (Å²) in [6.07, 6.45) is 3.77. The first-order valence-corrected chi connectivity index (χ1v) is 7.33. The van der Waals surface area contributed by atoms with Crippen LogP contribution in [0.25, 0.3) is 6.08 Å². The SMILES string of the molecule is COc1ccc(/C=C/C(=O)OCCc2ccccc2)c(OC)c1. The van der Waals surface area contributed by atoms with Crippen molar-refractivity contribution in [3.05, 3.63) is 65.7 Å². The molecule has 0 aliphatic heterocycles. The number of rotatable bonds is 7. The Balaban J connectivity index is 1.88. The van der Waals surface area contributed by atoms with E-state index in [1.165, 1.54) is 6.08 Å². The molecule has 2 aromatic rings. The lowest BCUT2D eigenvalue weighted by molar-refractivity contribution is -0.137. The quantitative estimate of drug-likeness (QED) is 0.580. The molecule has 23 heavy (non-hydrogen) atoms. The average Bonchev–Trinajstić information content (AvgIpc) is 2.60. The molecule has 0 aliphatic rings. The molecule has 0 saturated carbocycles. The van der Waals surface area contributed by atoms with Crippen molar-refractivity contribution in [3.63, 3.8) is 0 Å². The van der Waals surface area contributed by atoms with Crippen LogP contribution in [0.4, 0.5) is 0 Å². The van der Waals surface area contributed by atoms with Gasteiger partial charge < -0.3 is 14.2 Å². The minimum Gasteiger partial charge on any atom is -0.497 e. The van der Waals surface area contributed by atoms with Crippen molar-refractivity contribution < 1.29 is 19.0 Å². The fourth-order valence-electron chi connectivity index (χ4n) is 2.08. The molecule has 0 N–H and O–H groups in total. The van der Waals surface area contributed by atoms with Crippen LogP contribution in [0.5, 0.6) is 11.5 Å². The first kappa shape index (κ1) is 16.6. The molecule has 120 valence electrons. The molecule has 0 fully saturated rings. The topological polar surface area (TPSA) is 44.8 Å². The number of carbonyl (C=O) groups is 1. The third-order valence-corrected chi connectivity index (χ3v) is 3.32. The molecule has 0 spiro atoms. The highest BCUT2D eigenvalue weighted by Crippen LogP contribution is 2.25. The summed E-state index contributed by atoms with van der Waals surface area (Å²) >= 11 is 0. The van der Waals surface area contributed by atoms with Gasteiger partial charge in [-0.05, 0) is 23.8 Å². The van der Waals surface area contributed by atoms with Gasteiger partial charge in [0.1, 0.15) is 11.5 Å². The zero-order valence-electron chi connectivity index (χ0n) is 13.3. The van der Waals surface area contributed by atoms with E-state index in [-0.39, 0.29) is 5.97 Å². The van der Waals surface area contributed by atoms with E-state index in [1.807, 2.05) is 42.5 Å². The summed E-state index contributed by atoms with van der Waals surface area (Å²) < 4.78 is 15.6. The van der Waals surface area contributed by atoms with E-state index >= 15 is 0 Å². The Labute approximate surface area is 136 Å². The highest BCUT2D eigenvalue weighted by Gasteiger charge is 2.03. The molecule has 0 bridgehead atoms. The van der Waals surface area contributed by atoms with Crippen molar-refractivity contribution in [1.82, 2.24) is 0 Å². The van der Waals surface area contributed by atoms with Gasteiger partial charge in [0.15, 0.2) is 0 Å². The van der Waals surface area contributed by atoms with Crippen molar-refractivity contribution >= 4 is 12.0 Å². The van der Waals surface area contributed by atoms with E-state index in [1.54, 1.807) is 26.4 Å². The van der Waals surface area contributed by atoms with Gasteiger partial charge in [0, 0.05) is 24.1 Å². The Morgan fingerprint density at radius 3 is 2.52 bits per heavy atom. The minimum absolute atomic E-state index is 0.354. The molecule has 0 heterocycles. The molecular weight excluding hydrogens is 292 g/mol. The third-order valence-electron chi connectivity index (χ3n) is 3.32. The lowest BCUT2D eigenvalue weighted by Gasteiger charge is -2.07. The van der Waals surface area contributed by atoms with Gasteiger partial charge in [-0.15, -0.1) is 0 Å². The molecule has 0 radical (unpaired) electrons. The van der Waals surface area contributed by atoms with E-state index < -0.39 is 0 Å². The van der Waals surface area contributed by atoms with Gasteiger partial charge in [0.2, 0.25) is 0 Å². The van der Waals surface area contributed by atoms with Crippen LogP contribution in [0.2, 0.25) is 0 Å². The fourth-order valence-corrected chi connectivity index (χ4v) is 2.08. The van der Waals surface area contributed by atoms with E-state index in [0.29, 0.717) is 24.5 Å². The second kappa shape index (κ2) is 8.63. The maximum absolute atomic E-state index is 11.8. The van der Waals surface area contributed by atoms with Crippen LogP contribution in [0, 0.1) is 0 Å². The summed E-state index contributed by atoms with van der Waals surface area (Å²) in [6.45, 7) is 0.354. The molecular formula is C19H20O4. The molecule has 0 saturated heterocycles. The Morgan fingerprint density at radius 2 is 1.83 bits per heavy atom. The maximum Gasteiger partial charge on any atom is 0.330 e. The van der Waals surface area contributed by atoms with Gasteiger partial charge in [0.05, 0.1) is 20.8 Å². The van der Waals surface area contributed by atoms with Crippen LogP contribution < -0.4 is 9.47 Å². The summed E-state index contributed by atoms with van der Waals surface area (Å²) in [6, 6.07) is 15.3. The van der Waals surface area contributed by atoms with Gasteiger partial charge in [0.25, 0.3) is 0 Å². The van der Waals surface area contributed by atoms with Crippen molar-refractivity contribution in [2.24, 2.45) is 0 Å². The molecule has 0 aliphatic carbocycles.